The number of aromatic carboxylic acids is 1. The van der Waals surface area contributed by atoms with Crippen molar-refractivity contribution in [2.24, 2.45) is 0 Å². The molecule has 0 saturated heterocycles. The first-order valence-electron chi connectivity index (χ1n) is 4.53. The van der Waals surface area contributed by atoms with Crippen LogP contribution in [0.15, 0.2) is 24.4 Å². The van der Waals surface area contributed by atoms with Crippen LogP contribution in [-0.4, -0.2) is 16.1 Å². The number of aryl methyl sites for hydroxylation is 1. The zero-order chi connectivity index (χ0) is 11.7. The molecule has 5 heteroatoms. The van der Waals surface area contributed by atoms with Gasteiger partial charge >= 0.3 is 5.97 Å². The molecule has 2 aromatic rings. The molecule has 2 rings (SSSR count). The van der Waals surface area contributed by atoms with Crippen LogP contribution in [0.25, 0.3) is 10.4 Å². The topological polar surface area (TPSA) is 50.2 Å². The molecular formula is C11H8FNO2S. The molecule has 0 saturated carbocycles. The van der Waals surface area contributed by atoms with Gasteiger partial charge in [0.25, 0.3) is 0 Å². The lowest BCUT2D eigenvalue weighted by atomic mass is 10.1. The number of benzene rings is 1. The van der Waals surface area contributed by atoms with E-state index in [0.717, 1.165) is 16.0 Å². The van der Waals surface area contributed by atoms with Crippen LogP contribution in [-0.2, 0) is 0 Å². The summed E-state index contributed by atoms with van der Waals surface area (Å²) in [6, 6.07) is 4.03. The summed E-state index contributed by atoms with van der Waals surface area (Å²) < 4.78 is 13.1. The van der Waals surface area contributed by atoms with E-state index in [4.69, 9.17) is 5.11 Å². The van der Waals surface area contributed by atoms with Gasteiger partial charge in [-0.3, -0.25) is 0 Å². The second-order valence-corrected chi connectivity index (χ2v) is 4.48. The van der Waals surface area contributed by atoms with Gasteiger partial charge in [-0.1, -0.05) is 6.07 Å². The fraction of sp³-hybridized carbons (Fsp3) is 0.0909. The van der Waals surface area contributed by atoms with E-state index in [1.54, 1.807) is 12.3 Å². The van der Waals surface area contributed by atoms with Crippen molar-refractivity contribution in [1.82, 2.24) is 4.98 Å². The molecule has 1 heterocycles. The Morgan fingerprint density at radius 3 is 2.81 bits per heavy atom. The second kappa shape index (κ2) is 4.02. The first kappa shape index (κ1) is 10.8. The lowest BCUT2D eigenvalue weighted by Gasteiger charge is -2.00. The van der Waals surface area contributed by atoms with Gasteiger partial charge in [0.15, 0.2) is 0 Å². The molecular weight excluding hydrogens is 229 g/mol. The molecule has 1 N–H and O–H groups in total. The van der Waals surface area contributed by atoms with Crippen molar-refractivity contribution in [2.45, 2.75) is 6.92 Å². The minimum Gasteiger partial charge on any atom is -0.478 e. The van der Waals surface area contributed by atoms with Crippen molar-refractivity contribution in [3.63, 3.8) is 0 Å². The maximum absolute atomic E-state index is 13.1. The first-order valence-corrected chi connectivity index (χ1v) is 5.35. The monoisotopic (exact) mass is 237 g/mol. The number of hydrogen-bond acceptors (Lipinski definition) is 3. The van der Waals surface area contributed by atoms with Crippen molar-refractivity contribution in [3.8, 4) is 10.4 Å². The van der Waals surface area contributed by atoms with Crippen molar-refractivity contribution in [2.75, 3.05) is 0 Å². The smallest absolute Gasteiger partial charge is 0.338 e. The molecule has 1 aromatic carbocycles. The van der Waals surface area contributed by atoms with E-state index >= 15 is 0 Å². The third-order valence-electron chi connectivity index (χ3n) is 2.10. The standard InChI is InChI=1S/C11H8FNO2S/c1-6-13-5-10(16-6)7-2-3-9(12)8(4-7)11(14)15/h2-5H,1H3,(H,14,15). The van der Waals surface area contributed by atoms with E-state index in [-0.39, 0.29) is 5.56 Å². The van der Waals surface area contributed by atoms with Gasteiger partial charge < -0.3 is 5.11 Å². The van der Waals surface area contributed by atoms with Gasteiger partial charge in [-0.25, -0.2) is 14.2 Å². The van der Waals surface area contributed by atoms with Gasteiger partial charge in [0.1, 0.15) is 5.82 Å². The van der Waals surface area contributed by atoms with Crippen LogP contribution in [0, 0.1) is 12.7 Å². The van der Waals surface area contributed by atoms with Crippen LogP contribution in [0.2, 0.25) is 0 Å². The quantitative estimate of drug-likeness (QED) is 0.873. The van der Waals surface area contributed by atoms with Crippen molar-refractivity contribution in [3.05, 3.63) is 40.8 Å². The molecule has 16 heavy (non-hydrogen) atoms. The maximum Gasteiger partial charge on any atom is 0.338 e. The van der Waals surface area contributed by atoms with Crippen molar-refractivity contribution in [1.29, 1.82) is 0 Å². The Morgan fingerprint density at radius 1 is 1.50 bits per heavy atom. The molecule has 82 valence electrons. The van der Waals surface area contributed by atoms with Gasteiger partial charge in [0, 0.05) is 6.20 Å². The van der Waals surface area contributed by atoms with Gasteiger partial charge in [-0.05, 0) is 24.6 Å². The summed E-state index contributed by atoms with van der Waals surface area (Å²) in [5.74, 6) is -1.99. The molecule has 0 atom stereocenters. The summed E-state index contributed by atoms with van der Waals surface area (Å²) in [5, 5.41) is 9.68. The SMILES string of the molecule is Cc1ncc(-c2ccc(F)c(C(=O)O)c2)s1. The Labute approximate surface area is 95.2 Å². The number of rotatable bonds is 2. The van der Waals surface area contributed by atoms with Crippen molar-refractivity contribution < 1.29 is 14.3 Å². The number of aromatic nitrogens is 1. The average Bonchev–Trinajstić information content (AvgIpc) is 2.65. The average molecular weight is 237 g/mol. The minimum absolute atomic E-state index is 0.316. The Bertz CT molecular complexity index is 551. The van der Waals surface area contributed by atoms with Crippen LogP contribution in [0.3, 0.4) is 0 Å². The largest absolute Gasteiger partial charge is 0.478 e. The van der Waals surface area contributed by atoms with Gasteiger partial charge in [0.2, 0.25) is 0 Å². The minimum atomic E-state index is -1.26. The summed E-state index contributed by atoms with van der Waals surface area (Å²) in [6.45, 7) is 1.86. The first-order chi connectivity index (χ1) is 7.58. The Balaban J connectivity index is 2.51. The number of carboxylic acid groups (broad SMARTS) is 1. The maximum atomic E-state index is 13.1. The van der Waals surface area contributed by atoms with Crippen LogP contribution in [0.1, 0.15) is 15.4 Å². The van der Waals surface area contributed by atoms with E-state index in [1.165, 1.54) is 17.4 Å². The molecule has 0 amide bonds. The third-order valence-corrected chi connectivity index (χ3v) is 3.06. The van der Waals surface area contributed by atoms with E-state index in [0.29, 0.717) is 5.56 Å². The van der Waals surface area contributed by atoms with Crippen LogP contribution in [0.4, 0.5) is 4.39 Å². The van der Waals surface area contributed by atoms with E-state index in [2.05, 4.69) is 4.98 Å². The highest BCUT2D eigenvalue weighted by Crippen LogP contribution is 2.27. The number of carboxylic acids is 1. The van der Waals surface area contributed by atoms with Gasteiger partial charge in [-0.2, -0.15) is 0 Å². The molecule has 0 spiro atoms. The molecule has 0 aliphatic carbocycles. The zero-order valence-corrected chi connectivity index (χ0v) is 9.21. The number of nitrogens with zero attached hydrogens (tertiary/aromatic N) is 1. The molecule has 0 aliphatic rings. The summed E-state index contributed by atoms with van der Waals surface area (Å²) in [6.07, 6.45) is 1.65. The Kier molecular flexibility index (Phi) is 2.70. The second-order valence-electron chi connectivity index (χ2n) is 3.24. The fourth-order valence-corrected chi connectivity index (χ4v) is 2.11. The highest BCUT2D eigenvalue weighted by atomic mass is 32.1. The summed E-state index contributed by atoms with van der Waals surface area (Å²) in [5.41, 5.74) is 0.355. The summed E-state index contributed by atoms with van der Waals surface area (Å²) in [7, 11) is 0. The lowest BCUT2D eigenvalue weighted by Crippen LogP contribution is -2.00. The highest BCUT2D eigenvalue weighted by molar-refractivity contribution is 7.15. The van der Waals surface area contributed by atoms with E-state index < -0.39 is 11.8 Å². The molecule has 0 aliphatic heterocycles. The lowest BCUT2D eigenvalue weighted by molar-refractivity contribution is 0.0692. The van der Waals surface area contributed by atoms with Gasteiger partial charge in [0.05, 0.1) is 15.4 Å². The molecule has 0 bridgehead atoms. The number of carbonyl (C=O) groups is 1. The zero-order valence-electron chi connectivity index (χ0n) is 8.40. The third kappa shape index (κ3) is 1.94. The van der Waals surface area contributed by atoms with Crippen LogP contribution in [0.5, 0.6) is 0 Å². The van der Waals surface area contributed by atoms with Crippen molar-refractivity contribution >= 4 is 17.3 Å². The predicted octanol–water partition coefficient (Wildman–Crippen LogP) is 2.96. The van der Waals surface area contributed by atoms with Crippen LogP contribution < -0.4 is 0 Å². The number of halogens is 1. The molecule has 3 nitrogen and oxygen atoms in total. The summed E-state index contributed by atoms with van der Waals surface area (Å²) in [4.78, 5) is 15.7. The Hall–Kier alpha value is -1.75. The predicted molar refractivity (Wildman–Crippen MR) is 59.2 cm³/mol. The molecule has 1 aromatic heterocycles. The van der Waals surface area contributed by atoms with Crippen LogP contribution >= 0.6 is 11.3 Å². The molecule has 0 fully saturated rings. The fourth-order valence-electron chi connectivity index (χ4n) is 1.34. The molecule has 0 unspecified atom stereocenters. The number of hydrogen-bond donors (Lipinski definition) is 1. The summed E-state index contributed by atoms with van der Waals surface area (Å²) >= 11 is 1.44. The number of thiazole rings is 1. The van der Waals surface area contributed by atoms with Gasteiger partial charge in [-0.15, -0.1) is 11.3 Å². The normalized spacial score (nSPS) is 10.4. The molecule has 0 radical (unpaired) electrons. The highest BCUT2D eigenvalue weighted by Gasteiger charge is 2.12. The van der Waals surface area contributed by atoms with E-state index in [1.807, 2.05) is 6.92 Å². The van der Waals surface area contributed by atoms with E-state index in [9.17, 15) is 9.18 Å². The Morgan fingerprint density at radius 2 is 2.25 bits per heavy atom.